The van der Waals surface area contributed by atoms with Gasteiger partial charge in [-0.05, 0) is 48.0 Å². The van der Waals surface area contributed by atoms with E-state index in [1.165, 1.54) is 0 Å². The number of morpholine rings is 1. The van der Waals surface area contributed by atoms with Crippen molar-refractivity contribution in [2.24, 2.45) is 0 Å². The molecule has 0 bridgehead atoms. The summed E-state index contributed by atoms with van der Waals surface area (Å²) < 4.78 is 6.59. The minimum Gasteiger partial charge on any atom is -0.384 e. The lowest BCUT2D eigenvalue weighted by atomic mass is 10.1. The molecule has 2 N–H and O–H groups in total. The quantitative estimate of drug-likeness (QED) is 0.342. The molecule has 9 heteroatoms. The molecule has 0 aliphatic carbocycles. The Bertz CT molecular complexity index is 1600. The van der Waals surface area contributed by atoms with Crippen molar-refractivity contribution in [3.05, 3.63) is 84.6 Å². The Morgan fingerprint density at radius 2 is 1.79 bits per heavy atom. The molecule has 2 aromatic carbocycles. The lowest BCUT2D eigenvalue weighted by Crippen LogP contribution is -2.36. The van der Waals surface area contributed by atoms with Gasteiger partial charge in [0, 0.05) is 48.0 Å². The zero-order valence-corrected chi connectivity index (χ0v) is 21.7. The number of rotatable bonds is 5. The van der Waals surface area contributed by atoms with Crippen molar-refractivity contribution in [3.63, 3.8) is 0 Å². The van der Waals surface area contributed by atoms with Crippen molar-refractivity contribution in [1.82, 2.24) is 15.0 Å². The van der Waals surface area contributed by atoms with Crippen LogP contribution in [0.4, 0.5) is 17.3 Å². The molecule has 38 heavy (non-hydrogen) atoms. The molecule has 5 aromatic rings. The number of hydrogen-bond donors (Lipinski definition) is 1. The van der Waals surface area contributed by atoms with E-state index in [-0.39, 0.29) is 5.91 Å². The minimum atomic E-state index is -0.0638. The maximum atomic E-state index is 13.3. The third-order valence-electron chi connectivity index (χ3n) is 6.55. The van der Waals surface area contributed by atoms with E-state index in [0.29, 0.717) is 30.4 Å². The van der Waals surface area contributed by atoms with Crippen LogP contribution in [-0.2, 0) is 4.74 Å². The Morgan fingerprint density at radius 3 is 2.55 bits per heavy atom. The number of aromatic nitrogens is 3. The number of benzene rings is 2. The van der Waals surface area contributed by atoms with Crippen molar-refractivity contribution in [1.29, 1.82) is 0 Å². The number of carbonyl (C=O) groups excluding carboxylic acids is 1. The number of anilines is 3. The van der Waals surface area contributed by atoms with E-state index in [9.17, 15) is 4.79 Å². The highest BCUT2D eigenvalue weighted by atomic mass is 32.1. The molecule has 0 spiro atoms. The highest BCUT2D eigenvalue weighted by Crippen LogP contribution is 2.39. The molecule has 0 radical (unpaired) electrons. The average molecular weight is 523 g/mol. The van der Waals surface area contributed by atoms with Crippen LogP contribution in [0.5, 0.6) is 0 Å². The number of nitrogen functional groups attached to an aromatic ring is 1. The number of hydrogen-bond acceptors (Lipinski definition) is 8. The molecule has 8 nitrogen and oxygen atoms in total. The molecular weight excluding hydrogens is 496 g/mol. The highest BCUT2D eigenvalue weighted by Gasteiger charge is 2.21. The molecule has 6 rings (SSSR count). The second-order valence-corrected chi connectivity index (χ2v) is 10.1. The smallest absolute Gasteiger partial charge is 0.258 e. The topological polar surface area (TPSA) is 97.5 Å². The number of para-hydroxylation sites is 1. The second kappa shape index (κ2) is 10.2. The van der Waals surface area contributed by atoms with E-state index >= 15 is 0 Å². The lowest BCUT2D eigenvalue weighted by molar-refractivity contribution is 0.0993. The third-order valence-corrected chi connectivity index (χ3v) is 7.72. The summed E-state index contributed by atoms with van der Waals surface area (Å²) >= 11 is 1.63. The summed E-state index contributed by atoms with van der Waals surface area (Å²) in [5.74, 6) is 1.88. The number of carbonyl (C=O) groups is 1. The maximum Gasteiger partial charge on any atom is 0.258 e. The van der Waals surface area contributed by atoms with Gasteiger partial charge < -0.3 is 20.3 Å². The van der Waals surface area contributed by atoms with Gasteiger partial charge in [-0.15, -0.1) is 11.3 Å². The lowest BCUT2D eigenvalue weighted by Gasteiger charge is -2.28. The molecular formula is C29H26N6O2S. The van der Waals surface area contributed by atoms with Crippen molar-refractivity contribution in [3.8, 4) is 21.8 Å². The van der Waals surface area contributed by atoms with Crippen LogP contribution in [0.25, 0.3) is 32.0 Å². The molecule has 4 heterocycles. The number of ether oxygens (including phenoxy) is 1. The van der Waals surface area contributed by atoms with Crippen molar-refractivity contribution in [2.45, 2.75) is 0 Å². The number of pyridine rings is 1. The van der Waals surface area contributed by atoms with Crippen molar-refractivity contribution in [2.75, 3.05) is 48.9 Å². The van der Waals surface area contributed by atoms with Gasteiger partial charge in [0.05, 0.1) is 23.4 Å². The zero-order chi connectivity index (χ0) is 26.1. The van der Waals surface area contributed by atoms with Crippen molar-refractivity contribution >= 4 is 44.8 Å². The largest absolute Gasteiger partial charge is 0.384 e. The molecule has 190 valence electrons. The summed E-state index contributed by atoms with van der Waals surface area (Å²) in [5.41, 5.74) is 9.89. The number of thiophene rings is 1. The van der Waals surface area contributed by atoms with E-state index in [1.807, 2.05) is 60.7 Å². The standard InChI is InChI=1S/C29H26N6O2S/c1-34(22-8-3-2-4-9-22)29(36)20-7-5-6-19(16-20)24-17-23-26(38-24)28(35-12-14-37-15-13-35)33-27(32-23)21-10-11-25(30)31-18-21/h2-11,16-18H,12-15H2,1H3,(H2,30,31). The van der Waals surface area contributed by atoms with Crippen LogP contribution in [0.1, 0.15) is 10.4 Å². The van der Waals surface area contributed by atoms with Crippen LogP contribution in [0.3, 0.4) is 0 Å². The molecule has 0 unspecified atom stereocenters. The first-order valence-electron chi connectivity index (χ1n) is 12.4. The molecule has 0 atom stereocenters. The molecule has 1 saturated heterocycles. The summed E-state index contributed by atoms with van der Waals surface area (Å²) in [7, 11) is 1.79. The van der Waals surface area contributed by atoms with E-state index in [4.69, 9.17) is 20.4 Å². The Morgan fingerprint density at radius 1 is 0.974 bits per heavy atom. The summed E-state index contributed by atoms with van der Waals surface area (Å²) in [4.78, 5) is 32.3. The first-order valence-corrected chi connectivity index (χ1v) is 13.2. The fraction of sp³-hybridized carbons (Fsp3) is 0.172. The van der Waals surface area contributed by atoms with E-state index < -0.39 is 0 Å². The van der Waals surface area contributed by atoms with E-state index in [0.717, 1.165) is 50.8 Å². The SMILES string of the molecule is CN(C(=O)c1cccc(-c2cc3nc(-c4ccc(N)nc4)nc(N4CCOCC4)c3s2)c1)c1ccccc1. The number of amides is 1. The first kappa shape index (κ1) is 24.0. The molecule has 1 fully saturated rings. The Balaban J connectivity index is 1.41. The van der Waals surface area contributed by atoms with Gasteiger partial charge in [0.1, 0.15) is 5.82 Å². The molecule has 1 aliphatic rings. The highest BCUT2D eigenvalue weighted by molar-refractivity contribution is 7.22. The Kier molecular flexibility index (Phi) is 6.45. The summed E-state index contributed by atoms with van der Waals surface area (Å²) in [6.07, 6.45) is 1.70. The van der Waals surface area contributed by atoms with Gasteiger partial charge in [-0.1, -0.05) is 30.3 Å². The zero-order valence-electron chi connectivity index (χ0n) is 20.9. The van der Waals surface area contributed by atoms with Gasteiger partial charge in [-0.3, -0.25) is 4.79 Å². The van der Waals surface area contributed by atoms with Gasteiger partial charge >= 0.3 is 0 Å². The number of nitrogens with zero attached hydrogens (tertiary/aromatic N) is 5. The Hall–Kier alpha value is -4.34. The van der Waals surface area contributed by atoms with E-state index in [2.05, 4.69) is 16.0 Å². The molecule has 1 amide bonds. The maximum absolute atomic E-state index is 13.3. The van der Waals surface area contributed by atoms with Crippen LogP contribution < -0.4 is 15.5 Å². The Labute approximate surface area is 224 Å². The van der Waals surface area contributed by atoms with Gasteiger partial charge in [0.25, 0.3) is 5.91 Å². The summed E-state index contributed by atoms with van der Waals surface area (Å²) in [6.45, 7) is 2.83. The predicted octanol–water partition coefficient (Wildman–Crippen LogP) is 5.12. The van der Waals surface area contributed by atoms with Gasteiger partial charge in [0.15, 0.2) is 11.6 Å². The molecule has 1 aliphatic heterocycles. The van der Waals surface area contributed by atoms with Gasteiger partial charge in [-0.2, -0.15) is 0 Å². The average Bonchev–Trinajstić information content (AvgIpc) is 3.42. The van der Waals surface area contributed by atoms with Crippen molar-refractivity contribution < 1.29 is 9.53 Å². The van der Waals surface area contributed by atoms with Gasteiger partial charge in [0.2, 0.25) is 0 Å². The number of fused-ring (bicyclic) bond motifs is 1. The predicted molar refractivity (Wildman–Crippen MR) is 153 cm³/mol. The fourth-order valence-electron chi connectivity index (χ4n) is 4.48. The van der Waals surface area contributed by atoms with Crippen LogP contribution >= 0.6 is 11.3 Å². The number of nitrogens with two attached hydrogens (primary N) is 1. The third kappa shape index (κ3) is 4.69. The molecule has 0 saturated carbocycles. The second-order valence-electron chi connectivity index (χ2n) is 9.05. The van der Waals surface area contributed by atoms with Crippen LogP contribution in [0.15, 0.2) is 79.0 Å². The summed E-state index contributed by atoms with van der Waals surface area (Å²) in [5, 5.41) is 0. The minimum absolute atomic E-state index is 0.0638. The normalized spacial score (nSPS) is 13.6. The molecule has 3 aromatic heterocycles. The van der Waals surface area contributed by atoms with Crippen LogP contribution in [0, 0.1) is 0 Å². The van der Waals surface area contributed by atoms with Crippen LogP contribution in [-0.4, -0.2) is 54.2 Å². The summed E-state index contributed by atoms with van der Waals surface area (Å²) in [6, 6.07) is 23.1. The monoisotopic (exact) mass is 522 g/mol. The fourth-order valence-corrected chi connectivity index (χ4v) is 5.59. The van der Waals surface area contributed by atoms with E-state index in [1.54, 1.807) is 35.5 Å². The van der Waals surface area contributed by atoms with Gasteiger partial charge in [-0.25, -0.2) is 15.0 Å². The van der Waals surface area contributed by atoms with Crippen LogP contribution in [0.2, 0.25) is 0 Å². The first-order chi connectivity index (χ1) is 18.6.